The van der Waals surface area contributed by atoms with Gasteiger partial charge >= 0.3 is 0 Å². The van der Waals surface area contributed by atoms with E-state index in [4.69, 9.17) is 0 Å². The maximum absolute atomic E-state index is 2.43. The van der Waals surface area contributed by atoms with Gasteiger partial charge in [0.15, 0.2) is 0 Å². The minimum absolute atomic E-state index is 0.401. The second kappa shape index (κ2) is 8.53. The van der Waals surface area contributed by atoms with E-state index in [-0.39, 0.29) is 0 Å². The molecular weight excluding hydrogens is 151 g/mol. The van der Waals surface area contributed by atoms with Crippen molar-refractivity contribution in [2.75, 3.05) is 19.0 Å². The Bertz CT molecular complexity index is 71.3. The lowest BCUT2D eigenvalue weighted by Gasteiger charge is -2.07. The van der Waals surface area contributed by atoms with Crippen molar-refractivity contribution in [2.24, 2.45) is 0 Å². The second-order valence-electron chi connectivity index (χ2n) is 3.31. The van der Waals surface area contributed by atoms with Crippen LogP contribution in [0.3, 0.4) is 0 Å². The van der Waals surface area contributed by atoms with Crippen molar-refractivity contribution in [2.45, 2.75) is 46.0 Å². The van der Waals surface area contributed by atoms with Crippen molar-refractivity contribution in [3.8, 4) is 0 Å². The number of rotatable bonds is 7. The molecule has 0 radical (unpaired) electrons. The van der Waals surface area contributed by atoms with Crippen molar-refractivity contribution in [1.29, 1.82) is 0 Å². The molecule has 68 valence electrons. The molecule has 0 aliphatic heterocycles. The zero-order valence-electron chi connectivity index (χ0n) is 8.40. The van der Waals surface area contributed by atoms with E-state index in [2.05, 4.69) is 20.5 Å². The molecule has 0 spiro atoms. The molecule has 0 aromatic rings. The largest absolute Gasteiger partial charge is 0.110 e. The van der Waals surface area contributed by atoms with E-state index < -0.39 is 0 Å². The third-order valence-electron chi connectivity index (χ3n) is 2.18. The standard InChI is InChI=1S/C10H23P/c1-4-6-7-8-9-10-11(3)5-2/h4-10H2,1-3H3. The van der Waals surface area contributed by atoms with Crippen molar-refractivity contribution < 1.29 is 0 Å². The monoisotopic (exact) mass is 174 g/mol. The van der Waals surface area contributed by atoms with Crippen LogP contribution in [0.2, 0.25) is 0 Å². The smallest absolute Gasteiger partial charge is 0.0328 e. The molecule has 0 aliphatic rings. The molecule has 0 aromatic heterocycles. The van der Waals surface area contributed by atoms with Gasteiger partial charge in [-0.3, -0.25) is 0 Å². The summed E-state index contributed by atoms with van der Waals surface area (Å²) in [6.45, 7) is 7.02. The van der Waals surface area contributed by atoms with E-state index >= 15 is 0 Å². The third kappa shape index (κ3) is 8.34. The maximum Gasteiger partial charge on any atom is -0.0328 e. The van der Waals surface area contributed by atoms with E-state index in [0.717, 1.165) is 0 Å². The molecule has 11 heavy (non-hydrogen) atoms. The normalized spacial score (nSPS) is 13.4. The minimum atomic E-state index is 0.401. The molecule has 0 saturated carbocycles. The highest BCUT2D eigenvalue weighted by Gasteiger charge is 1.96. The zero-order valence-corrected chi connectivity index (χ0v) is 9.29. The van der Waals surface area contributed by atoms with Crippen molar-refractivity contribution >= 4 is 7.92 Å². The first-order valence-electron chi connectivity index (χ1n) is 4.99. The van der Waals surface area contributed by atoms with Gasteiger partial charge < -0.3 is 0 Å². The highest BCUT2D eigenvalue weighted by atomic mass is 31.1. The molecule has 1 atom stereocenters. The van der Waals surface area contributed by atoms with Crippen LogP contribution in [0, 0.1) is 0 Å². The molecule has 0 fully saturated rings. The fourth-order valence-electron chi connectivity index (χ4n) is 1.14. The number of unbranched alkanes of at least 4 members (excludes halogenated alkanes) is 4. The van der Waals surface area contributed by atoms with Crippen molar-refractivity contribution in [1.82, 2.24) is 0 Å². The Balaban J connectivity index is 2.89. The Morgan fingerprint density at radius 3 is 2.09 bits per heavy atom. The Labute approximate surface area is 73.5 Å². The summed E-state index contributed by atoms with van der Waals surface area (Å²) in [5, 5.41) is 0. The first-order valence-corrected chi connectivity index (χ1v) is 7.15. The molecule has 0 aromatic carbocycles. The molecule has 0 N–H and O–H groups in total. The minimum Gasteiger partial charge on any atom is -0.110 e. The molecule has 0 rings (SSSR count). The summed E-state index contributed by atoms with van der Waals surface area (Å²) in [7, 11) is 0.401. The predicted molar refractivity (Wildman–Crippen MR) is 57.0 cm³/mol. The van der Waals surface area contributed by atoms with Crippen LogP contribution >= 0.6 is 7.92 Å². The summed E-state index contributed by atoms with van der Waals surface area (Å²) in [4.78, 5) is 0. The Kier molecular flexibility index (Phi) is 8.86. The quantitative estimate of drug-likeness (QED) is 0.403. The molecule has 1 heteroatoms. The summed E-state index contributed by atoms with van der Waals surface area (Å²) in [5.41, 5.74) is 0. The van der Waals surface area contributed by atoms with Gasteiger partial charge in [-0.15, -0.1) is 7.92 Å². The molecule has 0 aliphatic carbocycles. The van der Waals surface area contributed by atoms with Crippen molar-refractivity contribution in [3.63, 3.8) is 0 Å². The second-order valence-corrected chi connectivity index (χ2v) is 6.10. The Morgan fingerprint density at radius 2 is 1.55 bits per heavy atom. The van der Waals surface area contributed by atoms with Gasteiger partial charge in [0.05, 0.1) is 0 Å². The highest BCUT2D eigenvalue weighted by molar-refractivity contribution is 7.56. The van der Waals surface area contributed by atoms with Crippen LogP contribution in [0.15, 0.2) is 0 Å². The van der Waals surface area contributed by atoms with Gasteiger partial charge in [-0.25, -0.2) is 0 Å². The van der Waals surface area contributed by atoms with Gasteiger partial charge in [-0.1, -0.05) is 39.5 Å². The lowest BCUT2D eigenvalue weighted by atomic mass is 10.2. The van der Waals surface area contributed by atoms with Gasteiger partial charge in [-0.05, 0) is 25.4 Å². The van der Waals surface area contributed by atoms with Gasteiger partial charge in [0.1, 0.15) is 0 Å². The van der Waals surface area contributed by atoms with Crippen LogP contribution in [0.5, 0.6) is 0 Å². The molecular formula is C10H23P. The van der Waals surface area contributed by atoms with Crippen LogP contribution in [-0.4, -0.2) is 19.0 Å². The van der Waals surface area contributed by atoms with E-state index in [1.165, 1.54) is 44.4 Å². The summed E-state index contributed by atoms with van der Waals surface area (Å²) in [6.07, 6.45) is 10.2. The summed E-state index contributed by atoms with van der Waals surface area (Å²) in [5.74, 6) is 0. The Morgan fingerprint density at radius 1 is 0.909 bits per heavy atom. The van der Waals surface area contributed by atoms with Crippen LogP contribution in [-0.2, 0) is 0 Å². The van der Waals surface area contributed by atoms with Crippen LogP contribution in [0.4, 0.5) is 0 Å². The number of hydrogen-bond donors (Lipinski definition) is 0. The highest BCUT2D eigenvalue weighted by Crippen LogP contribution is 2.30. The summed E-state index contributed by atoms with van der Waals surface area (Å²) in [6, 6.07) is 0. The molecule has 0 amide bonds. The van der Waals surface area contributed by atoms with Crippen LogP contribution in [0.25, 0.3) is 0 Å². The zero-order chi connectivity index (χ0) is 8.53. The van der Waals surface area contributed by atoms with Gasteiger partial charge in [-0.2, -0.15) is 0 Å². The molecule has 0 nitrogen and oxygen atoms in total. The lowest BCUT2D eigenvalue weighted by Crippen LogP contribution is -1.86. The number of hydrogen-bond acceptors (Lipinski definition) is 0. The average molecular weight is 174 g/mol. The average Bonchev–Trinajstić information content (AvgIpc) is 2.04. The predicted octanol–water partition coefficient (Wildman–Crippen LogP) is 4.09. The molecule has 0 bridgehead atoms. The van der Waals surface area contributed by atoms with E-state index in [1.54, 1.807) is 0 Å². The molecule has 0 saturated heterocycles. The summed E-state index contributed by atoms with van der Waals surface area (Å²) < 4.78 is 0. The van der Waals surface area contributed by atoms with E-state index in [0.29, 0.717) is 7.92 Å². The molecule has 0 heterocycles. The Hall–Kier alpha value is 0.430. The van der Waals surface area contributed by atoms with Gasteiger partial charge in [0.25, 0.3) is 0 Å². The van der Waals surface area contributed by atoms with Gasteiger partial charge in [0.2, 0.25) is 0 Å². The van der Waals surface area contributed by atoms with Crippen LogP contribution in [0.1, 0.15) is 46.0 Å². The van der Waals surface area contributed by atoms with E-state index in [9.17, 15) is 0 Å². The SMILES string of the molecule is CCCCCCCP(C)CC. The topological polar surface area (TPSA) is 0 Å². The van der Waals surface area contributed by atoms with Crippen molar-refractivity contribution in [3.05, 3.63) is 0 Å². The lowest BCUT2D eigenvalue weighted by molar-refractivity contribution is 0.658. The first-order chi connectivity index (χ1) is 5.31. The van der Waals surface area contributed by atoms with Crippen LogP contribution < -0.4 is 0 Å². The van der Waals surface area contributed by atoms with Gasteiger partial charge in [0, 0.05) is 0 Å². The van der Waals surface area contributed by atoms with E-state index in [1.807, 2.05) is 0 Å². The third-order valence-corrected chi connectivity index (χ3v) is 4.34. The first kappa shape index (κ1) is 11.4. The molecule has 1 unspecified atom stereocenters. The fraction of sp³-hybridized carbons (Fsp3) is 1.00. The maximum atomic E-state index is 2.43. The summed E-state index contributed by atoms with van der Waals surface area (Å²) >= 11 is 0. The fourth-order valence-corrected chi connectivity index (χ4v) is 2.22.